The topological polar surface area (TPSA) is 247 Å². The second kappa shape index (κ2) is 29.2. The average molecular weight is 1160 g/mol. The highest BCUT2D eigenvalue weighted by Crippen LogP contribution is 2.39. The predicted molar refractivity (Wildman–Crippen MR) is 312 cm³/mol. The SMILES string of the molecule is CO[C@]1(C)C[C@H](O[C@H]2[C@H](C)[C@@H](O[C@@H]3O[C@H](C)C[C@H](N(C)C)[C@H]3O)[C@](C)(O)C[C@@H](C)CN(C)C(=O)C[C@@H](Cc3ccc(NC(=O)[C@H](Cc4ccccc4Cl)NC(=O)Cc4ccccc4)cc3)NC(=O)[C@H](C(C)C)NC(=O)[C@@H]2C)O[C@@H](C)[C@@H]1O. The maximum atomic E-state index is 14.9. The lowest BCUT2D eigenvalue weighted by Gasteiger charge is -2.49. The molecule has 3 aliphatic heterocycles. The summed E-state index contributed by atoms with van der Waals surface area (Å²) in [5.41, 5.74) is -0.145. The summed E-state index contributed by atoms with van der Waals surface area (Å²) in [4.78, 5) is 74.7. The van der Waals surface area contributed by atoms with Crippen molar-refractivity contribution in [3.8, 4) is 0 Å². The minimum atomic E-state index is -1.71. The van der Waals surface area contributed by atoms with Crippen molar-refractivity contribution in [1.29, 1.82) is 0 Å². The fourth-order valence-corrected chi connectivity index (χ4v) is 12.1. The number of aliphatic hydroxyl groups excluding tert-OH is 2. The Balaban J connectivity index is 1.29. The van der Waals surface area contributed by atoms with Gasteiger partial charge >= 0.3 is 0 Å². The monoisotopic (exact) mass is 1160 g/mol. The quantitative estimate of drug-likeness (QED) is 0.0947. The molecule has 5 amide bonds. The molecule has 0 radical (unpaired) electrons. The van der Waals surface area contributed by atoms with Crippen molar-refractivity contribution in [3.05, 3.63) is 101 Å². The number of hydrogen-bond acceptors (Lipinski definition) is 14. The molecule has 3 aromatic carbocycles. The van der Waals surface area contributed by atoms with Gasteiger partial charge in [-0.05, 0) is 108 Å². The van der Waals surface area contributed by atoms with Crippen LogP contribution in [0.5, 0.6) is 0 Å². The zero-order chi connectivity index (χ0) is 60.4. The Kier molecular flexibility index (Phi) is 23.5. The number of ether oxygens (including phenoxy) is 5. The zero-order valence-electron chi connectivity index (χ0n) is 50.1. The summed E-state index contributed by atoms with van der Waals surface area (Å²) >= 11 is 6.51. The normalized spacial score (nSPS) is 33.3. The molecule has 0 spiro atoms. The number of carbonyl (C=O) groups is 5. The summed E-state index contributed by atoms with van der Waals surface area (Å²) < 4.78 is 32.1. The van der Waals surface area contributed by atoms with Crippen molar-refractivity contribution in [2.24, 2.45) is 23.7 Å². The van der Waals surface area contributed by atoms with Crippen molar-refractivity contribution < 1.29 is 63.0 Å². The van der Waals surface area contributed by atoms with E-state index < -0.39 is 108 Å². The van der Waals surface area contributed by atoms with Crippen LogP contribution >= 0.6 is 11.6 Å². The number of benzene rings is 3. The molecule has 3 fully saturated rings. The van der Waals surface area contributed by atoms with E-state index in [9.17, 15) is 39.3 Å². The number of methoxy groups -OCH3 is 1. The van der Waals surface area contributed by atoms with Crippen molar-refractivity contribution in [3.63, 3.8) is 0 Å². The first kappa shape index (κ1) is 66.1. The van der Waals surface area contributed by atoms with Crippen LogP contribution < -0.4 is 21.3 Å². The van der Waals surface area contributed by atoms with Gasteiger partial charge in [0.05, 0.1) is 48.0 Å². The van der Waals surface area contributed by atoms with E-state index in [1.54, 1.807) is 103 Å². The molecule has 0 aliphatic carbocycles. The van der Waals surface area contributed by atoms with Crippen molar-refractivity contribution in [2.45, 2.75) is 192 Å². The fraction of sp³-hybridized carbons (Fsp3) is 0.629. The maximum absolute atomic E-state index is 14.9. The van der Waals surface area contributed by atoms with Crippen LogP contribution in [0.3, 0.4) is 0 Å². The summed E-state index contributed by atoms with van der Waals surface area (Å²) in [6, 6.07) is 20.2. The van der Waals surface area contributed by atoms with Gasteiger partial charge in [-0.1, -0.05) is 107 Å². The van der Waals surface area contributed by atoms with Gasteiger partial charge in [-0.3, -0.25) is 24.0 Å². The minimum absolute atomic E-state index is 0.0748. The maximum Gasteiger partial charge on any atom is 0.247 e. The van der Waals surface area contributed by atoms with E-state index in [0.717, 1.165) is 11.1 Å². The van der Waals surface area contributed by atoms with Gasteiger partial charge in [0.1, 0.15) is 24.3 Å². The highest BCUT2D eigenvalue weighted by atomic mass is 35.5. The number of hydrogen-bond donors (Lipinski definition) is 7. The molecule has 20 heteroatoms. The molecule has 3 heterocycles. The number of nitrogens with one attached hydrogen (secondary N) is 4. The zero-order valence-corrected chi connectivity index (χ0v) is 50.9. The van der Waals surface area contributed by atoms with Crippen LogP contribution in [0.25, 0.3) is 0 Å². The van der Waals surface area contributed by atoms with Crippen molar-refractivity contribution in [1.82, 2.24) is 25.8 Å². The Morgan fingerprint density at radius 1 is 0.878 bits per heavy atom. The fourth-order valence-electron chi connectivity index (χ4n) is 11.9. The lowest BCUT2D eigenvalue weighted by atomic mass is 9.77. The summed E-state index contributed by atoms with van der Waals surface area (Å²) in [5.74, 6) is -4.82. The van der Waals surface area contributed by atoms with Crippen molar-refractivity contribution in [2.75, 3.05) is 40.1 Å². The third-order valence-electron chi connectivity index (χ3n) is 16.6. The number of carbonyl (C=O) groups excluding carboxylic acids is 5. The van der Waals surface area contributed by atoms with E-state index in [1.165, 1.54) is 7.11 Å². The minimum Gasteiger partial charge on any atom is -0.387 e. The lowest BCUT2D eigenvalue weighted by molar-refractivity contribution is -0.317. The molecule has 3 saturated heterocycles. The standard InChI is InChI=1S/C62H91ClN6O13/c1-35(2)52-59(76)65-45(28-42-23-25-44(26-24-42)64-58(75)47(30-43-21-17-18-22-46(43)63)66-49(70)29-41-19-15-14-16-20-41)31-50(71)69(12)34-36(3)32-61(8,77)56(82-60-53(72)48(68(10)11)27-37(4)79-60)38(5)54(39(6)57(74)67-52)81-51-33-62(9,78-13)55(73)40(7)80-51/h14-26,35-40,45,47-48,51-56,60,72-73,77H,27-34H2,1-13H3,(H,64,75)(H,65,76)(H,66,70)(H,67,74)/t36-,37-,38+,39-,40+,45-,47+,48+,51+,52+,53-,54+,55+,56-,60+,61-,62-/m1/s1. The van der Waals surface area contributed by atoms with Crippen LogP contribution in [0.4, 0.5) is 5.69 Å². The van der Waals surface area contributed by atoms with Gasteiger partial charge in [0.15, 0.2) is 12.6 Å². The number of nitrogens with zero attached hydrogens (tertiary/aromatic N) is 2. The van der Waals surface area contributed by atoms with Gasteiger partial charge in [-0.15, -0.1) is 0 Å². The van der Waals surface area contributed by atoms with E-state index in [2.05, 4.69) is 21.3 Å². The number of aliphatic hydroxyl groups is 3. The predicted octanol–water partition coefficient (Wildman–Crippen LogP) is 5.43. The number of likely N-dealkylation sites (N-methyl/N-ethyl adjacent to an activating group) is 1. The van der Waals surface area contributed by atoms with Crippen LogP contribution in [0.1, 0.15) is 105 Å². The first-order valence-electron chi connectivity index (χ1n) is 28.8. The molecule has 7 N–H and O–H groups in total. The molecule has 19 nitrogen and oxygen atoms in total. The molecule has 3 aliphatic rings. The molecule has 0 saturated carbocycles. The van der Waals surface area contributed by atoms with Crippen LogP contribution in [0.15, 0.2) is 78.9 Å². The van der Waals surface area contributed by atoms with Gasteiger partial charge in [0.25, 0.3) is 0 Å². The molecule has 454 valence electrons. The number of amides is 5. The Bertz CT molecular complexity index is 2590. The highest BCUT2D eigenvalue weighted by Gasteiger charge is 2.51. The van der Waals surface area contributed by atoms with E-state index in [1.807, 2.05) is 69.2 Å². The summed E-state index contributed by atoms with van der Waals surface area (Å²) in [6.07, 6.45) is -6.70. The van der Waals surface area contributed by atoms with E-state index in [-0.39, 0.29) is 74.9 Å². The van der Waals surface area contributed by atoms with Gasteiger partial charge in [0.2, 0.25) is 29.5 Å². The number of anilines is 1. The first-order valence-corrected chi connectivity index (χ1v) is 29.2. The van der Waals surface area contributed by atoms with Gasteiger partial charge in [-0.25, -0.2) is 0 Å². The van der Waals surface area contributed by atoms with Gasteiger partial charge in [0, 0.05) is 68.7 Å². The second-order valence-corrected chi connectivity index (χ2v) is 24.8. The van der Waals surface area contributed by atoms with E-state index >= 15 is 0 Å². The molecule has 0 unspecified atom stereocenters. The van der Waals surface area contributed by atoms with Gasteiger partial charge in [-0.2, -0.15) is 0 Å². The Labute approximate surface area is 489 Å². The summed E-state index contributed by atoms with van der Waals surface area (Å²) in [6.45, 7) is 16.2. The first-order chi connectivity index (χ1) is 38.6. The number of halogens is 1. The second-order valence-electron chi connectivity index (χ2n) is 24.4. The smallest absolute Gasteiger partial charge is 0.247 e. The molecular formula is C62H91ClN6O13. The van der Waals surface area contributed by atoms with Gasteiger partial charge < -0.3 is 70.1 Å². The van der Waals surface area contributed by atoms with Crippen LogP contribution in [-0.4, -0.2) is 174 Å². The van der Waals surface area contributed by atoms with Crippen LogP contribution in [0, 0.1) is 23.7 Å². The Morgan fingerprint density at radius 3 is 2.17 bits per heavy atom. The molecule has 0 aromatic heterocycles. The number of rotatable bonds is 16. The third kappa shape index (κ3) is 17.5. The third-order valence-corrected chi connectivity index (χ3v) is 17.0. The summed E-state index contributed by atoms with van der Waals surface area (Å²) in [5, 5.41) is 48.2. The Hall–Kier alpha value is -5.06. The molecule has 3 aromatic rings. The van der Waals surface area contributed by atoms with Crippen LogP contribution in [-0.2, 0) is 66.9 Å². The molecule has 0 bridgehead atoms. The lowest BCUT2D eigenvalue weighted by Crippen LogP contribution is -2.61. The molecule has 17 atom stereocenters. The summed E-state index contributed by atoms with van der Waals surface area (Å²) in [7, 11) is 6.90. The average Bonchev–Trinajstić information content (AvgIpc) is 3.62. The highest BCUT2D eigenvalue weighted by molar-refractivity contribution is 6.31. The van der Waals surface area contributed by atoms with Crippen molar-refractivity contribution >= 4 is 46.8 Å². The van der Waals surface area contributed by atoms with E-state index in [4.69, 9.17) is 35.3 Å². The molecular weight excluding hydrogens is 1070 g/mol. The largest absolute Gasteiger partial charge is 0.387 e. The molecule has 6 rings (SSSR count). The Morgan fingerprint density at radius 2 is 1.54 bits per heavy atom. The molecule has 82 heavy (non-hydrogen) atoms. The van der Waals surface area contributed by atoms with Crippen LogP contribution in [0.2, 0.25) is 5.02 Å². The van der Waals surface area contributed by atoms with E-state index in [0.29, 0.717) is 22.7 Å².